The van der Waals surface area contributed by atoms with Crippen LogP contribution in [0.2, 0.25) is 0 Å². The smallest absolute Gasteiger partial charge is 0.123 e. The molecule has 4 heteroatoms. The highest BCUT2D eigenvalue weighted by Gasteiger charge is 2.59. The lowest BCUT2D eigenvalue weighted by Crippen LogP contribution is -2.53. The summed E-state index contributed by atoms with van der Waals surface area (Å²) in [5, 5.41) is 26.0. The average molecular weight is 825 g/mol. The Bertz CT molecular complexity index is 1680. The Morgan fingerprint density at radius 2 is 0.897 bits per heavy atom. The Morgan fingerprint density at radius 3 is 1.22 bits per heavy atom. The second-order valence-electron chi connectivity index (χ2n) is 24.4. The van der Waals surface area contributed by atoms with E-state index in [4.69, 9.17) is 0 Å². The molecule has 9 saturated carbocycles. The number of thioether (sulfide) groups is 2. The van der Waals surface area contributed by atoms with Crippen LogP contribution in [0, 0.1) is 34.5 Å². The molecule has 0 spiro atoms. The maximum atomic E-state index is 12.5. The van der Waals surface area contributed by atoms with E-state index in [-0.39, 0.29) is 21.7 Å². The van der Waals surface area contributed by atoms with Crippen molar-refractivity contribution in [2.45, 2.75) is 227 Å². The van der Waals surface area contributed by atoms with Gasteiger partial charge >= 0.3 is 0 Å². The third-order valence-electron chi connectivity index (χ3n) is 18.2. The van der Waals surface area contributed by atoms with E-state index in [0.717, 1.165) is 35.2 Å². The third-order valence-corrected chi connectivity index (χ3v) is 21.3. The molecular formula is C54H80O2S2. The van der Waals surface area contributed by atoms with Crippen molar-refractivity contribution in [2.75, 3.05) is 0 Å². The fourth-order valence-corrected chi connectivity index (χ4v) is 18.9. The van der Waals surface area contributed by atoms with Crippen LogP contribution in [0.15, 0.2) is 24.3 Å². The van der Waals surface area contributed by atoms with Gasteiger partial charge in [-0.05, 0) is 146 Å². The predicted molar refractivity (Wildman–Crippen MR) is 250 cm³/mol. The minimum Gasteiger partial charge on any atom is -0.507 e. The lowest BCUT2D eigenvalue weighted by Gasteiger charge is -2.62. The summed E-state index contributed by atoms with van der Waals surface area (Å²) in [6.45, 7) is 19.1. The minimum atomic E-state index is 0.0426. The normalized spacial score (nSPS) is 38.3. The van der Waals surface area contributed by atoms with E-state index < -0.39 is 0 Å². The molecule has 8 bridgehead atoms. The molecule has 2 N–H and O–H groups in total. The van der Waals surface area contributed by atoms with Crippen LogP contribution >= 0.6 is 23.5 Å². The van der Waals surface area contributed by atoms with Crippen LogP contribution in [-0.4, -0.2) is 20.7 Å². The van der Waals surface area contributed by atoms with Gasteiger partial charge in [0.2, 0.25) is 0 Å². The molecule has 9 aliphatic rings. The van der Waals surface area contributed by atoms with Crippen molar-refractivity contribution < 1.29 is 10.2 Å². The van der Waals surface area contributed by atoms with Crippen LogP contribution < -0.4 is 0 Å². The molecule has 0 aliphatic heterocycles. The number of aromatic hydroxyl groups is 2. The van der Waals surface area contributed by atoms with Crippen LogP contribution in [0.5, 0.6) is 11.5 Å². The van der Waals surface area contributed by atoms with Gasteiger partial charge in [0.25, 0.3) is 0 Å². The molecule has 2 nitrogen and oxygen atoms in total. The monoisotopic (exact) mass is 825 g/mol. The van der Waals surface area contributed by atoms with E-state index in [1.165, 1.54) is 162 Å². The van der Waals surface area contributed by atoms with E-state index in [1.807, 2.05) is 0 Å². The first-order valence-corrected chi connectivity index (χ1v) is 26.5. The van der Waals surface area contributed by atoms with Crippen molar-refractivity contribution in [2.24, 2.45) is 34.5 Å². The van der Waals surface area contributed by atoms with E-state index in [1.54, 1.807) is 0 Å². The average Bonchev–Trinajstić information content (AvgIpc) is 3.13. The van der Waals surface area contributed by atoms with Gasteiger partial charge in [-0.3, -0.25) is 0 Å². The lowest BCUT2D eigenvalue weighted by molar-refractivity contribution is -0.0746. The second-order valence-corrected chi connectivity index (χ2v) is 26.9. The molecule has 0 radical (unpaired) electrons. The molecule has 0 heterocycles. The molecule has 2 aromatic carbocycles. The second kappa shape index (κ2) is 15.2. The fourth-order valence-electron chi connectivity index (χ4n) is 15.8. The summed E-state index contributed by atoms with van der Waals surface area (Å²) in [5.41, 5.74) is 9.21. The van der Waals surface area contributed by atoms with Crippen molar-refractivity contribution in [3.05, 3.63) is 57.6 Å². The Hall–Kier alpha value is -1.26. The van der Waals surface area contributed by atoms with E-state index in [9.17, 15) is 10.2 Å². The van der Waals surface area contributed by atoms with Crippen molar-refractivity contribution in [1.82, 2.24) is 0 Å². The summed E-state index contributed by atoms with van der Waals surface area (Å²) < 4.78 is 0. The van der Waals surface area contributed by atoms with Crippen LogP contribution in [0.1, 0.15) is 217 Å². The molecule has 9 fully saturated rings. The Morgan fingerprint density at radius 1 is 0.534 bits per heavy atom. The SMILES string of the molecule is CCC12CC3CC(C1)CC(c1cc(C(C)(C)C)cc(CSC4CCCCCCC4SCc4cc(C(C)(C)C)cc(C56CC7CC(CC(CC)(C7)C5)C6)c4O)c1O)(C3)C2. The molecule has 58 heavy (non-hydrogen) atoms. The summed E-state index contributed by atoms with van der Waals surface area (Å²) in [7, 11) is 0. The first kappa shape index (κ1) is 42.1. The molecule has 320 valence electrons. The van der Waals surface area contributed by atoms with Crippen molar-refractivity contribution >= 4 is 23.5 Å². The van der Waals surface area contributed by atoms with Gasteiger partial charge in [-0.2, -0.15) is 23.5 Å². The summed E-state index contributed by atoms with van der Waals surface area (Å²) >= 11 is 4.30. The molecule has 6 atom stereocenters. The molecule has 0 amide bonds. The number of rotatable bonds is 10. The number of hydrogen-bond acceptors (Lipinski definition) is 4. The quantitative estimate of drug-likeness (QED) is 0.250. The van der Waals surface area contributed by atoms with Crippen molar-refractivity contribution in [3.8, 4) is 11.5 Å². The van der Waals surface area contributed by atoms with Crippen molar-refractivity contribution in [3.63, 3.8) is 0 Å². The summed E-state index contributed by atoms with van der Waals surface area (Å²) in [4.78, 5) is 0. The van der Waals surface area contributed by atoms with Gasteiger partial charge in [0.05, 0.1) is 0 Å². The highest BCUT2D eigenvalue weighted by atomic mass is 32.2. The molecule has 6 unspecified atom stereocenters. The first-order valence-electron chi connectivity index (χ1n) is 24.4. The Kier molecular flexibility index (Phi) is 11.0. The van der Waals surface area contributed by atoms with Gasteiger partial charge in [0.15, 0.2) is 0 Å². The maximum absolute atomic E-state index is 12.5. The summed E-state index contributed by atoms with van der Waals surface area (Å²) in [5.74, 6) is 6.43. The van der Waals surface area contributed by atoms with Crippen LogP contribution in [0.4, 0.5) is 0 Å². The maximum Gasteiger partial charge on any atom is 0.123 e. The van der Waals surface area contributed by atoms with E-state index in [0.29, 0.717) is 32.8 Å². The van der Waals surface area contributed by atoms with Crippen LogP contribution in [0.3, 0.4) is 0 Å². The Labute approximate surface area is 363 Å². The van der Waals surface area contributed by atoms with Gasteiger partial charge in [-0.1, -0.05) is 118 Å². The topological polar surface area (TPSA) is 40.5 Å². The van der Waals surface area contributed by atoms with Gasteiger partial charge in [-0.25, -0.2) is 0 Å². The molecule has 11 rings (SSSR count). The molecule has 0 aromatic heterocycles. The number of hydrogen-bond donors (Lipinski definition) is 2. The first-order chi connectivity index (χ1) is 27.5. The van der Waals surface area contributed by atoms with Crippen LogP contribution in [0.25, 0.3) is 0 Å². The zero-order valence-electron chi connectivity index (χ0n) is 38.0. The van der Waals surface area contributed by atoms with Gasteiger partial charge < -0.3 is 10.2 Å². The molecular weight excluding hydrogens is 745 g/mol. The number of benzene rings is 2. The van der Waals surface area contributed by atoms with Crippen molar-refractivity contribution in [1.29, 1.82) is 0 Å². The van der Waals surface area contributed by atoms with E-state index >= 15 is 0 Å². The third kappa shape index (κ3) is 7.65. The van der Waals surface area contributed by atoms with Gasteiger partial charge in [0, 0.05) is 55.1 Å². The highest BCUT2D eigenvalue weighted by molar-refractivity contribution is 8.03. The van der Waals surface area contributed by atoms with Crippen LogP contribution in [-0.2, 0) is 33.2 Å². The fraction of sp³-hybridized carbons (Fsp3) is 0.778. The Balaban J connectivity index is 0.990. The van der Waals surface area contributed by atoms with Gasteiger partial charge in [0.1, 0.15) is 11.5 Å². The zero-order chi connectivity index (χ0) is 40.9. The van der Waals surface area contributed by atoms with Gasteiger partial charge in [-0.15, -0.1) is 0 Å². The largest absolute Gasteiger partial charge is 0.507 e. The minimum absolute atomic E-state index is 0.0426. The molecule has 9 aliphatic carbocycles. The summed E-state index contributed by atoms with van der Waals surface area (Å²) in [6, 6.07) is 9.76. The number of phenols is 2. The number of phenolic OH excluding ortho intramolecular Hbond substituents is 2. The summed E-state index contributed by atoms with van der Waals surface area (Å²) in [6.07, 6.45) is 26.6. The molecule has 2 aromatic rings. The standard InChI is InChI=1S/C54H80O2S2/c1-9-51-23-35-17-36(24-51)28-53(27-35,33-51)43-21-41(49(3,4)5)19-39(47(43)55)31-57-45-15-13-11-12-14-16-46(45)58-32-40-20-42(50(6,7)8)22-44(48(40)56)54-29-37-18-38(30-54)26-52(10-2,25-37)34-54/h19-22,35-38,45-46,55-56H,9-18,23-34H2,1-8H3. The lowest BCUT2D eigenvalue weighted by atomic mass is 9.42. The highest BCUT2D eigenvalue weighted by Crippen LogP contribution is 2.69. The predicted octanol–water partition coefficient (Wildman–Crippen LogP) is 15.4. The van der Waals surface area contributed by atoms with E-state index in [2.05, 4.69) is 103 Å². The molecule has 0 saturated heterocycles. The zero-order valence-corrected chi connectivity index (χ0v) is 39.7.